The first-order valence-corrected chi connectivity index (χ1v) is 9.37. The molecule has 0 unspecified atom stereocenters. The number of nitrogens with zero attached hydrogens (tertiary/aromatic N) is 1. The number of sulfonamides is 1. The van der Waals surface area contributed by atoms with E-state index >= 15 is 0 Å². The minimum absolute atomic E-state index is 0.0134. The second kappa shape index (κ2) is 5.08. The van der Waals surface area contributed by atoms with Crippen molar-refractivity contribution < 1.29 is 18.3 Å². The Hall–Kier alpha value is -1.45. The van der Waals surface area contributed by atoms with E-state index < -0.39 is 16.0 Å². The van der Waals surface area contributed by atoms with Crippen LogP contribution < -0.4 is 4.72 Å². The van der Waals surface area contributed by atoms with E-state index in [1.54, 1.807) is 6.92 Å². The van der Waals surface area contributed by atoms with Crippen molar-refractivity contribution in [1.29, 1.82) is 0 Å². The van der Waals surface area contributed by atoms with Gasteiger partial charge in [0.25, 0.3) is 10.0 Å². The summed E-state index contributed by atoms with van der Waals surface area (Å²) in [6.07, 6.45) is 2.20. The number of carbonyl (C=O) groups is 1. The summed E-state index contributed by atoms with van der Waals surface area (Å²) in [5.74, 6) is -0.661. The first-order valence-electron chi connectivity index (χ1n) is 6.19. The van der Waals surface area contributed by atoms with Crippen LogP contribution in [0.15, 0.2) is 15.7 Å². The molecule has 6 nitrogen and oxygen atoms in total. The van der Waals surface area contributed by atoms with E-state index in [1.165, 1.54) is 17.4 Å². The van der Waals surface area contributed by atoms with Gasteiger partial charge in [-0.15, -0.1) is 22.7 Å². The number of hydrogen-bond donors (Lipinski definition) is 2. The van der Waals surface area contributed by atoms with Gasteiger partial charge in [-0.05, 0) is 31.4 Å². The largest absolute Gasteiger partial charge is 0.477 e. The average Bonchev–Trinajstić information content (AvgIpc) is 3.01. The molecule has 0 amide bonds. The molecule has 1 aliphatic rings. The van der Waals surface area contributed by atoms with Gasteiger partial charge in [-0.3, -0.25) is 4.72 Å². The number of thiophene rings is 1. The smallest absolute Gasteiger partial charge is 0.346 e. The lowest BCUT2D eigenvalue weighted by Crippen LogP contribution is -2.11. The van der Waals surface area contributed by atoms with E-state index in [9.17, 15) is 13.2 Å². The Morgan fingerprint density at radius 3 is 2.76 bits per heavy atom. The molecule has 3 rings (SSSR count). The van der Waals surface area contributed by atoms with Crippen molar-refractivity contribution in [2.24, 2.45) is 0 Å². The molecule has 0 radical (unpaired) electrons. The second-order valence-electron chi connectivity index (χ2n) is 4.84. The van der Waals surface area contributed by atoms with Gasteiger partial charge < -0.3 is 5.11 Å². The van der Waals surface area contributed by atoms with Crippen molar-refractivity contribution in [3.05, 3.63) is 27.6 Å². The van der Waals surface area contributed by atoms with Crippen LogP contribution in [0.5, 0.6) is 0 Å². The van der Waals surface area contributed by atoms with E-state index in [4.69, 9.17) is 5.11 Å². The second-order valence-corrected chi connectivity index (χ2v) is 8.66. The van der Waals surface area contributed by atoms with Crippen LogP contribution in [0.2, 0.25) is 0 Å². The topological polar surface area (TPSA) is 96.4 Å². The highest BCUT2D eigenvalue weighted by Gasteiger charge is 2.27. The van der Waals surface area contributed by atoms with Gasteiger partial charge in [0.05, 0.1) is 5.69 Å². The molecule has 1 saturated carbocycles. The molecule has 21 heavy (non-hydrogen) atoms. The Bertz CT molecular complexity index is 802. The SMILES string of the molecule is Cc1cc(S(=O)(=O)Nc2nc(C3CC3)cs2)sc1C(=O)O. The number of aryl methyl sites for hydroxylation is 1. The van der Waals surface area contributed by atoms with Crippen molar-refractivity contribution in [2.45, 2.75) is 29.9 Å². The van der Waals surface area contributed by atoms with Crippen molar-refractivity contribution in [2.75, 3.05) is 4.72 Å². The Morgan fingerprint density at radius 2 is 2.19 bits per heavy atom. The number of carboxylic acids is 1. The molecule has 0 aliphatic heterocycles. The van der Waals surface area contributed by atoms with Crippen LogP contribution in [0.3, 0.4) is 0 Å². The third-order valence-electron chi connectivity index (χ3n) is 3.09. The molecule has 0 saturated heterocycles. The number of anilines is 1. The molecule has 2 heterocycles. The van der Waals surface area contributed by atoms with Crippen LogP contribution in [0.1, 0.15) is 39.7 Å². The number of thiazole rings is 1. The fraction of sp³-hybridized carbons (Fsp3) is 0.333. The van der Waals surface area contributed by atoms with Gasteiger partial charge in [-0.25, -0.2) is 18.2 Å². The monoisotopic (exact) mass is 344 g/mol. The molecule has 0 bridgehead atoms. The van der Waals surface area contributed by atoms with Crippen molar-refractivity contribution in [3.8, 4) is 0 Å². The molecular formula is C12H12N2O4S3. The minimum Gasteiger partial charge on any atom is -0.477 e. The highest BCUT2D eigenvalue weighted by molar-refractivity contribution is 7.94. The summed E-state index contributed by atoms with van der Waals surface area (Å²) in [6, 6.07) is 1.37. The maximum absolute atomic E-state index is 12.3. The normalized spacial score (nSPS) is 15.1. The van der Waals surface area contributed by atoms with Gasteiger partial charge in [-0.1, -0.05) is 0 Å². The van der Waals surface area contributed by atoms with Gasteiger partial charge in [0, 0.05) is 11.3 Å². The third-order valence-corrected chi connectivity index (χ3v) is 7.04. The number of aromatic nitrogens is 1. The van der Waals surface area contributed by atoms with Gasteiger partial charge in [0.15, 0.2) is 5.13 Å². The molecule has 2 N–H and O–H groups in total. The molecule has 112 valence electrons. The lowest BCUT2D eigenvalue weighted by Gasteiger charge is -2.01. The van der Waals surface area contributed by atoms with Crippen molar-refractivity contribution in [1.82, 2.24) is 4.98 Å². The molecular weight excluding hydrogens is 332 g/mol. The Balaban J connectivity index is 1.85. The van der Waals surface area contributed by atoms with E-state index in [0.29, 0.717) is 16.6 Å². The standard InChI is InChI=1S/C12H12N2O4S3/c1-6-4-9(20-10(6)11(15)16)21(17,18)14-12-13-8(5-19-12)7-2-3-7/h4-5,7H,2-3H2,1H3,(H,13,14)(H,15,16). The molecule has 0 aromatic carbocycles. The summed E-state index contributed by atoms with van der Waals surface area (Å²) in [5.41, 5.74) is 1.36. The number of rotatable bonds is 5. The molecule has 2 aromatic heterocycles. The third kappa shape index (κ3) is 2.94. The van der Waals surface area contributed by atoms with Crippen LogP contribution in [-0.2, 0) is 10.0 Å². The van der Waals surface area contributed by atoms with E-state index in [0.717, 1.165) is 29.9 Å². The maximum atomic E-state index is 12.3. The van der Waals surface area contributed by atoms with Crippen LogP contribution >= 0.6 is 22.7 Å². The van der Waals surface area contributed by atoms with Crippen LogP contribution in [0, 0.1) is 6.92 Å². The van der Waals surface area contributed by atoms with Crippen LogP contribution in [-0.4, -0.2) is 24.5 Å². The van der Waals surface area contributed by atoms with Crippen molar-refractivity contribution >= 4 is 43.8 Å². The van der Waals surface area contributed by atoms with Crippen molar-refractivity contribution in [3.63, 3.8) is 0 Å². The van der Waals surface area contributed by atoms with E-state index in [2.05, 4.69) is 9.71 Å². The van der Waals surface area contributed by atoms with E-state index in [1.807, 2.05) is 5.38 Å². The highest BCUT2D eigenvalue weighted by Crippen LogP contribution is 2.41. The van der Waals surface area contributed by atoms with E-state index in [-0.39, 0.29) is 9.09 Å². The number of nitrogens with one attached hydrogen (secondary N) is 1. The predicted octanol–water partition coefficient (Wildman–Crippen LogP) is 2.89. The molecule has 9 heteroatoms. The summed E-state index contributed by atoms with van der Waals surface area (Å²) in [4.78, 5) is 15.3. The zero-order chi connectivity index (χ0) is 15.2. The van der Waals surface area contributed by atoms with Crippen LogP contribution in [0.4, 0.5) is 5.13 Å². The molecule has 0 spiro atoms. The van der Waals surface area contributed by atoms with Crippen LogP contribution in [0.25, 0.3) is 0 Å². The first kappa shape index (κ1) is 14.5. The Labute approximate surface area is 129 Å². The highest BCUT2D eigenvalue weighted by atomic mass is 32.2. The van der Waals surface area contributed by atoms with Gasteiger partial charge in [0.2, 0.25) is 0 Å². The Morgan fingerprint density at radius 1 is 1.48 bits per heavy atom. The number of aromatic carboxylic acids is 1. The molecule has 1 fully saturated rings. The summed E-state index contributed by atoms with van der Waals surface area (Å²) in [5, 5.41) is 11.2. The first-order chi connectivity index (χ1) is 9.87. The predicted molar refractivity (Wildman–Crippen MR) is 80.9 cm³/mol. The van der Waals surface area contributed by atoms with Gasteiger partial charge in [0.1, 0.15) is 9.09 Å². The Kier molecular flexibility index (Phi) is 3.50. The molecule has 2 aromatic rings. The summed E-state index contributed by atoms with van der Waals surface area (Å²) in [7, 11) is -3.79. The number of hydrogen-bond acceptors (Lipinski definition) is 6. The lowest BCUT2D eigenvalue weighted by atomic mass is 10.3. The summed E-state index contributed by atoms with van der Waals surface area (Å²) in [6.45, 7) is 1.58. The van der Waals surface area contributed by atoms with Gasteiger partial charge in [-0.2, -0.15) is 0 Å². The number of carboxylic acid groups (broad SMARTS) is 1. The quantitative estimate of drug-likeness (QED) is 0.869. The summed E-state index contributed by atoms with van der Waals surface area (Å²) >= 11 is 1.99. The molecule has 0 atom stereocenters. The fourth-order valence-electron chi connectivity index (χ4n) is 1.86. The zero-order valence-corrected chi connectivity index (χ0v) is 13.4. The fourth-order valence-corrected chi connectivity index (χ4v) is 5.29. The van der Waals surface area contributed by atoms with Gasteiger partial charge >= 0.3 is 5.97 Å². The molecule has 1 aliphatic carbocycles. The zero-order valence-electron chi connectivity index (χ0n) is 11.0. The average molecular weight is 344 g/mol. The lowest BCUT2D eigenvalue weighted by molar-refractivity contribution is 0.0701. The maximum Gasteiger partial charge on any atom is 0.346 e. The summed E-state index contributed by atoms with van der Waals surface area (Å²) < 4.78 is 26.9. The minimum atomic E-state index is -3.79.